The summed E-state index contributed by atoms with van der Waals surface area (Å²) in [6.45, 7) is 0. The van der Waals surface area contributed by atoms with Crippen LogP contribution in [0.4, 0.5) is 13.2 Å². The standard InChI is InChI=1S/C15H11F3O/c16-12-8-10(9-13(17)15(12)18)6-7-14(19)11-4-2-1-3-5-11/h1-5,8-9H,6-7H2. The molecule has 0 fully saturated rings. The number of ketones is 1. The number of aryl methyl sites for hydroxylation is 1. The van der Waals surface area contributed by atoms with Crippen LogP contribution in [0.2, 0.25) is 0 Å². The number of Topliss-reactive ketones (excluding diaryl/α,β-unsaturated/α-hetero) is 1. The van der Waals surface area contributed by atoms with Crippen molar-refractivity contribution in [2.45, 2.75) is 12.8 Å². The summed E-state index contributed by atoms with van der Waals surface area (Å²) in [5.41, 5.74) is 0.811. The molecule has 0 unspecified atom stereocenters. The normalized spacial score (nSPS) is 10.5. The highest BCUT2D eigenvalue weighted by molar-refractivity contribution is 5.96. The highest BCUT2D eigenvalue weighted by Crippen LogP contribution is 2.15. The summed E-state index contributed by atoms with van der Waals surface area (Å²) in [6.07, 6.45) is 0.288. The first kappa shape index (κ1) is 13.3. The lowest BCUT2D eigenvalue weighted by Gasteiger charge is -2.03. The number of rotatable bonds is 4. The van der Waals surface area contributed by atoms with Gasteiger partial charge in [-0.05, 0) is 24.1 Å². The summed E-state index contributed by atoms with van der Waals surface area (Å²) in [6, 6.07) is 10.5. The molecule has 2 rings (SSSR count). The largest absolute Gasteiger partial charge is 0.294 e. The number of carbonyl (C=O) groups excluding carboxylic acids is 1. The van der Waals surface area contributed by atoms with Gasteiger partial charge in [-0.25, -0.2) is 13.2 Å². The zero-order chi connectivity index (χ0) is 13.8. The van der Waals surface area contributed by atoms with Crippen molar-refractivity contribution in [1.29, 1.82) is 0 Å². The molecular weight excluding hydrogens is 253 g/mol. The van der Waals surface area contributed by atoms with E-state index in [1.165, 1.54) is 0 Å². The second-order valence-corrected chi connectivity index (χ2v) is 4.16. The van der Waals surface area contributed by atoms with E-state index >= 15 is 0 Å². The van der Waals surface area contributed by atoms with Crippen LogP contribution in [0.15, 0.2) is 42.5 Å². The molecule has 0 bridgehead atoms. The van der Waals surface area contributed by atoms with E-state index in [9.17, 15) is 18.0 Å². The van der Waals surface area contributed by atoms with Gasteiger partial charge < -0.3 is 0 Å². The molecular formula is C15H11F3O. The second kappa shape index (κ2) is 5.69. The van der Waals surface area contributed by atoms with Gasteiger partial charge in [0.2, 0.25) is 0 Å². The third kappa shape index (κ3) is 3.22. The summed E-state index contributed by atoms with van der Waals surface area (Å²) < 4.78 is 38.7. The Morgan fingerprint density at radius 3 is 2.11 bits per heavy atom. The summed E-state index contributed by atoms with van der Waals surface area (Å²) in [7, 11) is 0. The highest BCUT2D eigenvalue weighted by Gasteiger charge is 2.12. The van der Waals surface area contributed by atoms with Crippen molar-refractivity contribution in [1.82, 2.24) is 0 Å². The molecule has 0 aliphatic carbocycles. The molecule has 98 valence electrons. The number of hydrogen-bond acceptors (Lipinski definition) is 1. The number of hydrogen-bond donors (Lipinski definition) is 0. The van der Waals surface area contributed by atoms with Crippen molar-refractivity contribution in [2.75, 3.05) is 0 Å². The minimum atomic E-state index is -1.49. The molecule has 0 aliphatic heterocycles. The molecule has 0 spiro atoms. The molecule has 4 heteroatoms. The third-order valence-electron chi connectivity index (χ3n) is 2.78. The number of halogens is 3. The van der Waals surface area contributed by atoms with Crippen LogP contribution in [0, 0.1) is 17.5 Å². The molecule has 0 aromatic heterocycles. The van der Waals surface area contributed by atoms with Crippen LogP contribution in [0.1, 0.15) is 22.3 Å². The van der Waals surface area contributed by atoms with Crippen LogP contribution < -0.4 is 0 Å². The van der Waals surface area contributed by atoms with Crippen LogP contribution in [0.3, 0.4) is 0 Å². The Morgan fingerprint density at radius 2 is 1.53 bits per heavy atom. The fourth-order valence-electron chi connectivity index (χ4n) is 1.78. The van der Waals surface area contributed by atoms with E-state index in [1.54, 1.807) is 30.3 Å². The lowest BCUT2D eigenvalue weighted by molar-refractivity contribution is 0.0982. The molecule has 0 saturated heterocycles. The smallest absolute Gasteiger partial charge is 0.194 e. The van der Waals surface area contributed by atoms with Gasteiger partial charge in [-0.15, -0.1) is 0 Å². The maximum Gasteiger partial charge on any atom is 0.194 e. The van der Waals surface area contributed by atoms with Crippen molar-refractivity contribution in [3.8, 4) is 0 Å². The van der Waals surface area contributed by atoms with Gasteiger partial charge in [0.15, 0.2) is 23.2 Å². The third-order valence-corrected chi connectivity index (χ3v) is 2.78. The quantitative estimate of drug-likeness (QED) is 0.604. The zero-order valence-electron chi connectivity index (χ0n) is 10.00. The molecule has 0 radical (unpaired) electrons. The van der Waals surface area contributed by atoms with Crippen molar-refractivity contribution >= 4 is 5.78 Å². The van der Waals surface area contributed by atoms with Crippen LogP contribution in [-0.2, 0) is 6.42 Å². The Hall–Kier alpha value is -2.10. The Kier molecular flexibility index (Phi) is 4.00. The van der Waals surface area contributed by atoms with Gasteiger partial charge in [0.05, 0.1) is 0 Å². The Bertz CT molecular complexity index is 571. The monoisotopic (exact) mass is 264 g/mol. The average Bonchev–Trinajstić information content (AvgIpc) is 2.43. The highest BCUT2D eigenvalue weighted by atomic mass is 19.2. The van der Waals surface area contributed by atoms with E-state index in [4.69, 9.17) is 0 Å². The van der Waals surface area contributed by atoms with Gasteiger partial charge >= 0.3 is 0 Å². The first-order valence-electron chi connectivity index (χ1n) is 5.79. The average molecular weight is 264 g/mol. The minimum absolute atomic E-state index is 0.120. The second-order valence-electron chi connectivity index (χ2n) is 4.16. The van der Waals surface area contributed by atoms with E-state index in [1.807, 2.05) is 0 Å². The zero-order valence-corrected chi connectivity index (χ0v) is 10.00. The molecule has 0 aliphatic rings. The lowest BCUT2D eigenvalue weighted by Crippen LogP contribution is -2.02. The molecule has 0 heterocycles. The number of carbonyl (C=O) groups is 1. The first-order valence-corrected chi connectivity index (χ1v) is 5.79. The molecule has 19 heavy (non-hydrogen) atoms. The van der Waals surface area contributed by atoms with Crippen LogP contribution in [0.25, 0.3) is 0 Å². The Morgan fingerprint density at radius 1 is 0.947 bits per heavy atom. The van der Waals surface area contributed by atoms with E-state index in [0.29, 0.717) is 5.56 Å². The molecule has 0 N–H and O–H groups in total. The first-order chi connectivity index (χ1) is 9.08. The van der Waals surface area contributed by atoms with Gasteiger partial charge in [-0.3, -0.25) is 4.79 Å². The van der Waals surface area contributed by atoms with E-state index in [-0.39, 0.29) is 24.2 Å². The van der Waals surface area contributed by atoms with E-state index in [0.717, 1.165) is 12.1 Å². The minimum Gasteiger partial charge on any atom is -0.294 e. The van der Waals surface area contributed by atoms with Crippen molar-refractivity contribution in [3.05, 3.63) is 71.0 Å². The topological polar surface area (TPSA) is 17.1 Å². The fraction of sp³-hybridized carbons (Fsp3) is 0.133. The van der Waals surface area contributed by atoms with Crippen molar-refractivity contribution in [3.63, 3.8) is 0 Å². The molecule has 0 saturated carbocycles. The summed E-state index contributed by atoms with van der Waals surface area (Å²) in [5.74, 6) is -4.08. The number of benzene rings is 2. The molecule has 0 amide bonds. The van der Waals surface area contributed by atoms with Gasteiger partial charge in [-0.2, -0.15) is 0 Å². The summed E-state index contributed by atoms with van der Waals surface area (Å²) in [5, 5.41) is 0. The van der Waals surface area contributed by atoms with Gasteiger partial charge in [0.1, 0.15) is 0 Å². The SMILES string of the molecule is O=C(CCc1cc(F)c(F)c(F)c1)c1ccccc1. The molecule has 1 nitrogen and oxygen atoms in total. The maximum absolute atomic E-state index is 13.0. The van der Waals surface area contributed by atoms with E-state index in [2.05, 4.69) is 0 Å². The fourth-order valence-corrected chi connectivity index (χ4v) is 1.78. The van der Waals surface area contributed by atoms with Crippen molar-refractivity contribution < 1.29 is 18.0 Å². The maximum atomic E-state index is 13.0. The Labute approximate surface area is 108 Å². The lowest BCUT2D eigenvalue weighted by atomic mass is 10.0. The summed E-state index contributed by atoms with van der Waals surface area (Å²) in [4.78, 5) is 11.8. The molecule has 2 aromatic rings. The molecule has 2 aromatic carbocycles. The predicted octanol–water partition coefficient (Wildman–Crippen LogP) is 3.92. The Balaban J connectivity index is 2.05. The van der Waals surface area contributed by atoms with Crippen LogP contribution in [0.5, 0.6) is 0 Å². The van der Waals surface area contributed by atoms with Gasteiger partial charge in [0, 0.05) is 12.0 Å². The predicted molar refractivity (Wildman–Crippen MR) is 65.4 cm³/mol. The van der Waals surface area contributed by atoms with Gasteiger partial charge in [0.25, 0.3) is 0 Å². The summed E-state index contributed by atoms with van der Waals surface area (Å²) >= 11 is 0. The van der Waals surface area contributed by atoms with Crippen LogP contribution >= 0.6 is 0 Å². The van der Waals surface area contributed by atoms with E-state index < -0.39 is 17.5 Å². The van der Waals surface area contributed by atoms with Crippen molar-refractivity contribution in [2.24, 2.45) is 0 Å². The molecule has 0 atom stereocenters. The van der Waals surface area contributed by atoms with Gasteiger partial charge in [-0.1, -0.05) is 30.3 Å². The van der Waals surface area contributed by atoms with Crippen LogP contribution in [-0.4, -0.2) is 5.78 Å².